The zero-order valence-corrected chi connectivity index (χ0v) is 14.9. The van der Waals surface area contributed by atoms with Crippen LogP contribution in [0.3, 0.4) is 0 Å². The van der Waals surface area contributed by atoms with E-state index in [9.17, 15) is 14.4 Å². The zero-order valence-electron chi connectivity index (χ0n) is 14.9. The minimum absolute atomic E-state index is 0.0459. The maximum atomic E-state index is 12.9. The van der Waals surface area contributed by atoms with Gasteiger partial charge in [0.1, 0.15) is 6.04 Å². The van der Waals surface area contributed by atoms with E-state index in [1.165, 1.54) is 6.39 Å². The lowest BCUT2D eigenvalue weighted by atomic mass is 10.1. The van der Waals surface area contributed by atoms with Crippen LogP contribution in [0.2, 0.25) is 0 Å². The fraction of sp³-hybridized carbons (Fsp3) is 0.647. The standard InChI is InChI=1S/C17H24N4O4/c1-11(2)7-20-9-14(22)21-6-4-5-19(8-13(21)16(20)23)17(24)15-12(3)18-10-25-15/h10-11,13H,4-9H2,1-3H3. The molecule has 8 heteroatoms. The molecule has 0 aliphatic carbocycles. The highest BCUT2D eigenvalue weighted by atomic mass is 16.3. The Kier molecular flexibility index (Phi) is 4.78. The van der Waals surface area contributed by atoms with Crippen molar-refractivity contribution in [2.75, 3.05) is 32.7 Å². The van der Waals surface area contributed by atoms with Crippen molar-refractivity contribution in [3.8, 4) is 0 Å². The normalized spacial score (nSPS) is 21.6. The first-order valence-corrected chi connectivity index (χ1v) is 8.66. The van der Waals surface area contributed by atoms with E-state index in [-0.39, 0.29) is 42.5 Å². The van der Waals surface area contributed by atoms with Crippen LogP contribution in [0, 0.1) is 12.8 Å². The first-order valence-electron chi connectivity index (χ1n) is 8.66. The van der Waals surface area contributed by atoms with Crippen molar-refractivity contribution in [2.45, 2.75) is 33.2 Å². The van der Waals surface area contributed by atoms with Crippen molar-refractivity contribution in [3.63, 3.8) is 0 Å². The summed E-state index contributed by atoms with van der Waals surface area (Å²) < 4.78 is 5.20. The van der Waals surface area contributed by atoms with E-state index in [4.69, 9.17) is 4.42 Å². The molecule has 0 saturated carbocycles. The van der Waals surface area contributed by atoms with Crippen molar-refractivity contribution in [1.82, 2.24) is 19.7 Å². The number of amides is 3. The average Bonchev–Trinajstić information content (AvgIpc) is 2.84. The molecule has 0 N–H and O–H groups in total. The molecular formula is C17H24N4O4. The summed E-state index contributed by atoms with van der Waals surface area (Å²) in [6.07, 6.45) is 1.88. The topological polar surface area (TPSA) is 87.0 Å². The molecule has 2 aliphatic rings. The summed E-state index contributed by atoms with van der Waals surface area (Å²) in [5.41, 5.74) is 0.526. The summed E-state index contributed by atoms with van der Waals surface area (Å²) >= 11 is 0. The van der Waals surface area contributed by atoms with Gasteiger partial charge in [0.15, 0.2) is 6.39 Å². The molecule has 1 atom stereocenters. The van der Waals surface area contributed by atoms with Gasteiger partial charge in [-0.25, -0.2) is 4.98 Å². The minimum Gasteiger partial charge on any atom is -0.438 e. The third-order valence-corrected chi connectivity index (χ3v) is 4.65. The van der Waals surface area contributed by atoms with E-state index in [1.807, 2.05) is 13.8 Å². The molecule has 0 bridgehead atoms. The molecule has 2 saturated heterocycles. The van der Waals surface area contributed by atoms with Crippen molar-refractivity contribution in [2.24, 2.45) is 5.92 Å². The quantitative estimate of drug-likeness (QED) is 0.795. The maximum Gasteiger partial charge on any atom is 0.291 e. The van der Waals surface area contributed by atoms with Crippen molar-refractivity contribution in [3.05, 3.63) is 17.8 Å². The van der Waals surface area contributed by atoms with Crippen LogP contribution in [0.15, 0.2) is 10.8 Å². The zero-order chi connectivity index (χ0) is 18.1. The first-order chi connectivity index (χ1) is 11.9. The van der Waals surface area contributed by atoms with Crippen LogP contribution in [0.1, 0.15) is 36.5 Å². The molecule has 0 radical (unpaired) electrons. The fourth-order valence-electron chi connectivity index (χ4n) is 3.47. The van der Waals surface area contributed by atoms with Crippen LogP contribution < -0.4 is 0 Å². The van der Waals surface area contributed by atoms with Crippen LogP contribution in [0.4, 0.5) is 0 Å². The molecule has 1 aromatic rings. The molecule has 2 aliphatic heterocycles. The third-order valence-electron chi connectivity index (χ3n) is 4.65. The van der Waals surface area contributed by atoms with Crippen molar-refractivity contribution in [1.29, 1.82) is 0 Å². The number of piperazine rings is 1. The van der Waals surface area contributed by atoms with E-state index < -0.39 is 6.04 Å². The SMILES string of the molecule is Cc1ncoc1C(=O)N1CCCN2C(=O)CN(CC(C)C)C(=O)C2C1. The fourth-order valence-corrected chi connectivity index (χ4v) is 3.47. The first kappa shape index (κ1) is 17.4. The molecule has 3 amide bonds. The Morgan fingerprint density at radius 2 is 2.12 bits per heavy atom. The second kappa shape index (κ2) is 6.85. The summed E-state index contributed by atoms with van der Waals surface area (Å²) in [5.74, 6) is 0.0708. The van der Waals surface area contributed by atoms with Crippen LogP contribution in [0.5, 0.6) is 0 Å². The Morgan fingerprint density at radius 3 is 2.76 bits per heavy atom. The Balaban J connectivity index is 1.81. The highest BCUT2D eigenvalue weighted by molar-refractivity contribution is 5.97. The number of hydrogen-bond donors (Lipinski definition) is 0. The number of fused-ring (bicyclic) bond motifs is 1. The van der Waals surface area contributed by atoms with Gasteiger partial charge >= 0.3 is 0 Å². The summed E-state index contributed by atoms with van der Waals surface area (Å²) in [7, 11) is 0. The van der Waals surface area contributed by atoms with E-state index >= 15 is 0 Å². The number of rotatable bonds is 3. The average molecular weight is 348 g/mol. The third kappa shape index (κ3) is 3.38. The number of aryl methyl sites for hydroxylation is 1. The van der Waals surface area contributed by atoms with Gasteiger partial charge < -0.3 is 19.1 Å². The number of oxazole rings is 1. The highest BCUT2D eigenvalue weighted by Gasteiger charge is 2.42. The lowest BCUT2D eigenvalue weighted by Crippen LogP contribution is -2.62. The van der Waals surface area contributed by atoms with Gasteiger partial charge in [0.25, 0.3) is 5.91 Å². The van der Waals surface area contributed by atoms with Crippen LogP contribution >= 0.6 is 0 Å². The van der Waals surface area contributed by atoms with E-state index in [2.05, 4.69) is 4.98 Å². The summed E-state index contributed by atoms with van der Waals surface area (Å²) in [4.78, 5) is 46.9. The van der Waals surface area contributed by atoms with Gasteiger partial charge in [-0.1, -0.05) is 13.8 Å². The monoisotopic (exact) mass is 348 g/mol. The second-order valence-electron chi connectivity index (χ2n) is 7.09. The van der Waals surface area contributed by atoms with Crippen LogP contribution in [0.25, 0.3) is 0 Å². The predicted molar refractivity (Wildman–Crippen MR) is 88.7 cm³/mol. The predicted octanol–water partition coefficient (Wildman–Crippen LogP) is 0.524. The number of carbonyl (C=O) groups is 3. The molecule has 136 valence electrons. The summed E-state index contributed by atoms with van der Waals surface area (Å²) in [6, 6.07) is -0.616. The van der Waals surface area contributed by atoms with Crippen molar-refractivity contribution < 1.29 is 18.8 Å². The van der Waals surface area contributed by atoms with Gasteiger partial charge in [-0.3, -0.25) is 14.4 Å². The number of nitrogens with zero attached hydrogens (tertiary/aromatic N) is 4. The largest absolute Gasteiger partial charge is 0.438 e. The summed E-state index contributed by atoms with van der Waals surface area (Å²) in [5, 5.41) is 0. The molecule has 1 unspecified atom stereocenters. The molecule has 0 aromatic carbocycles. The number of carbonyl (C=O) groups excluding carboxylic acids is 3. The summed E-state index contributed by atoms with van der Waals surface area (Å²) in [6.45, 7) is 7.57. The molecule has 3 rings (SSSR count). The van der Waals surface area contributed by atoms with E-state index in [0.29, 0.717) is 31.7 Å². The lowest BCUT2D eigenvalue weighted by molar-refractivity contribution is -0.156. The van der Waals surface area contributed by atoms with E-state index in [1.54, 1.807) is 21.6 Å². The van der Waals surface area contributed by atoms with Gasteiger partial charge in [0, 0.05) is 19.6 Å². The maximum absolute atomic E-state index is 12.9. The van der Waals surface area contributed by atoms with Crippen molar-refractivity contribution >= 4 is 17.7 Å². The molecule has 8 nitrogen and oxygen atoms in total. The smallest absolute Gasteiger partial charge is 0.291 e. The molecule has 2 fully saturated rings. The Labute approximate surface area is 146 Å². The van der Waals surface area contributed by atoms with Gasteiger partial charge in [-0.15, -0.1) is 0 Å². The van der Waals surface area contributed by atoms with Gasteiger partial charge in [-0.05, 0) is 19.3 Å². The Morgan fingerprint density at radius 1 is 1.36 bits per heavy atom. The van der Waals surface area contributed by atoms with Crippen LogP contribution in [-0.2, 0) is 9.59 Å². The molecular weight excluding hydrogens is 324 g/mol. The van der Waals surface area contributed by atoms with Gasteiger partial charge in [0.05, 0.1) is 18.8 Å². The van der Waals surface area contributed by atoms with Crippen LogP contribution in [-0.4, -0.2) is 76.2 Å². The second-order valence-corrected chi connectivity index (χ2v) is 7.09. The van der Waals surface area contributed by atoms with Gasteiger partial charge in [-0.2, -0.15) is 0 Å². The lowest BCUT2D eigenvalue weighted by Gasteiger charge is -2.40. The number of hydrogen-bond acceptors (Lipinski definition) is 5. The molecule has 25 heavy (non-hydrogen) atoms. The van der Waals surface area contributed by atoms with Gasteiger partial charge in [0.2, 0.25) is 17.6 Å². The van der Waals surface area contributed by atoms with E-state index in [0.717, 1.165) is 0 Å². The molecule has 1 aromatic heterocycles. The molecule has 0 spiro atoms. The number of aromatic nitrogens is 1. The Bertz CT molecular complexity index is 684. The highest BCUT2D eigenvalue weighted by Crippen LogP contribution is 2.21. The molecule has 3 heterocycles. The minimum atomic E-state index is -0.616. The Hall–Kier alpha value is -2.38.